The quantitative estimate of drug-likeness (QED) is 0.0250. The molecule has 0 aliphatic heterocycles. The van der Waals surface area contributed by atoms with Crippen molar-refractivity contribution in [2.75, 3.05) is 76.7 Å². The van der Waals surface area contributed by atoms with Crippen LogP contribution in [0.25, 0.3) is 0 Å². The fourth-order valence-electron chi connectivity index (χ4n) is 7.23. The van der Waals surface area contributed by atoms with Crippen molar-refractivity contribution in [2.24, 2.45) is 0 Å². The Morgan fingerprint density at radius 1 is 0.435 bits per heavy atom. The Balaban J connectivity index is 4.00. The summed E-state index contributed by atoms with van der Waals surface area (Å²) in [7, 11) is 3.95. The van der Waals surface area contributed by atoms with Gasteiger partial charge in [-0.2, -0.15) is 0 Å². The topological polar surface area (TPSA) is 118 Å². The Hall–Kier alpha value is -2.54. The first-order valence-corrected chi connectivity index (χ1v) is 29.7. The molecule has 1 atom stereocenters. The molecular weight excluding hydrogens is 907 g/mol. The lowest BCUT2D eigenvalue weighted by molar-refractivity contribution is -0.151. The molecule has 0 aromatic carbocycles. The summed E-state index contributed by atoms with van der Waals surface area (Å²) in [5.41, 5.74) is 0. The molecule has 0 saturated carbocycles. The van der Waals surface area contributed by atoms with E-state index < -0.39 is 0 Å². The molecule has 0 aromatic heterocycles. The van der Waals surface area contributed by atoms with Crippen LogP contribution in [0.4, 0.5) is 0 Å². The van der Waals surface area contributed by atoms with Gasteiger partial charge in [0.15, 0.2) is 0 Å². The van der Waals surface area contributed by atoms with E-state index in [2.05, 4.69) is 62.5 Å². The molecule has 12 heteroatoms. The molecule has 0 aromatic rings. The minimum absolute atomic E-state index is 0.0815. The summed E-state index contributed by atoms with van der Waals surface area (Å²) in [6, 6.07) is 0. The van der Waals surface area contributed by atoms with Crippen LogP contribution in [0, 0.1) is 0 Å². The van der Waals surface area contributed by atoms with E-state index in [1.54, 1.807) is 0 Å². The second-order valence-electron chi connectivity index (χ2n) is 18.3. The van der Waals surface area contributed by atoms with Crippen molar-refractivity contribution in [2.45, 2.75) is 213 Å². The van der Waals surface area contributed by atoms with E-state index in [1.165, 1.54) is 120 Å². The molecule has 1 unspecified atom stereocenters. The minimum atomic E-state index is -0.373. The normalized spacial score (nSPS) is 12.3. The maximum atomic E-state index is 12.6. The van der Waals surface area contributed by atoms with Gasteiger partial charge >= 0.3 is 23.9 Å². The Morgan fingerprint density at radius 3 is 1.30 bits per heavy atom. The highest BCUT2D eigenvalue weighted by atomic mass is 32.2. The molecule has 0 aliphatic carbocycles. The van der Waals surface area contributed by atoms with Gasteiger partial charge in [-0.3, -0.25) is 19.2 Å². The van der Waals surface area contributed by atoms with Gasteiger partial charge in [-0.15, -0.1) is 23.5 Å². The van der Waals surface area contributed by atoms with Crippen LogP contribution in [0.2, 0.25) is 0 Å². The van der Waals surface area contributed by atoms with E-state index in [-0.39, 0.29) is 48.1 Å². The lowest BCUT2D eigenvalue weighted by Crippen LogP contribution is -2.21. The Morgan fingerprint density at radius 2 is 0.841 bits per heavy atom. The van der Waals surface area contributed by atoms with Crippen molar-refractivity contribution < 1.29 is 42.9 Å². The second kappa shape index (κ2) is 54.8. The highest BCUT2D eigenvalue weighted by Crippen LogP contribution is 2.15. The zero-order valence-corrected chi connectivity index (χ0v) is 46.1. The summed E-state index contributed by atoms with van der Waals surface area (Å²) < 4.78 is 27.8. The van der Waals surface area contributed by atoms with Crippen molar-refractivity contribution in [3.8, 4) is 0 Å². The van der Waals surface area contributed by atoms with Crippen LogP contribution >= 0.6 is 23.5 Å². The zero-order chi connectivity index (χ0) is 50.4. The van der Waals surface area contributed by atoms with Crippen LogP contribution in [-0.4, -0.2) is 112 Å². The predicted octanol–water partition coefficient (Wildman–Crippen LogP) is 14.5. The fraction of sp³-hybridized carbons (Fsp3) is 0.789. The first kappa shape index (κ1) is 66.5. The minimum Gasteiger partial charge on any atom is -0.465 e. The van der Waals surface area contributed by atoms with Crippen molar-refractivity contribution in [1.29, 1.82) is 0 Å². The van der Waals surface area contributed by atoms with Gasteiger partial charge in [0.1, 0.15) is 6.10 Å². The number of unbranched alkanes of at least 4 members (excludes halogenated alkanes) is 18. The monoisotopic (exact) mass is 1010 g/mol. The fourth-order valence-corrected chi connectivity index (χ4v) is 8.46. The largest absolute Gasteiger partial charge is 0.465 e. The van der Waals surface area contributed by atoms with Crippen LogP contribution in [0.15, 0.2) is 48.6 Å². The number of carbonyl (C=O) groups excluding carboxylic acids is 4. The molecule has 0 saturated heterocycles. The van der Waals surface area contributed by atoms with Gasteiger partial charge in [0.25, 0.3) is 0 Å². The predicted molar refractivity (Wildman–Crippen MR) is 293 cm³/mol. The summed E-state index contributed by atoms with van der Waals surface area (Å²) in [4.78, 5) is 51.2. The lowest BCUT2D eigenvalue weighted by Gasteiger charge is -2.18. The number of nitrogens with zero attached hydrogens (tertiary/aromatic N) is 1. The molecule has 0 rings (SSSR count). The molecule has 0 bridgehead atoms. The van der Waals surface area contributed by atoms with Gasteiger partial charge in [-0.05, 0) is 130 Å². The maximum Gasteiger partial charge on any atom is 0.315 e. The highest BCUT2D eigenvalue weighted by Gasteiger charge is 2.16. The van der Waals surface area contributed by atoms with E-state index in [9.17, 15) is 19.2 Å². The zero-order valence-electron chi connectivity index (χ0n) is 44.4. The van der Waals surface area contributed by atoms with Crippen LogP contribution in [0.3, 0.4) is 0 Å². The number of hydrogen-bond acceptors (Lipinski definition) is 12. The Kier molecular flexibility index (Phi) is 52.8. The number of allylic oxidation sites excluding steroid dienone is 8. The van der Waals surface area contributed by atoms with Gasteiger partial charge in [0.2, 0.25) is 0 Å². The average molecular weight is 1010 g/mol. The molecular formula is C57H101NO9S2. The summed E-state index contributed by atoms with van der Waals surface area (Å²) in [5, 5.41) is 0. The maximum absolute atomic E-state index is 12.6. The third-order valence-electron chi connectivity index (χ3n) is 11.3. The molecule has 0 spiro atoms. The number of esters is 4. The standard InChI is InChI=1S/C57H101NO9S2/c1-5-7-9-11-13-15-17-19-21-23-25-27-29-31-33-35-45-64-55(60)50-68-49-48-63-44-38-40-53(67-54(59)42-37-43-58(3)4)41-39-47-66-57(62)52-69-51-56(61)65-46-36-34-32-30-28-26-24-22-20-18-16-14-12-10-8-6-2/h13-16,19-22,53H,5-12,17-18,23-52H2,1-4H3/b15-13-,16-14-,21-19-,22-20-. The van der Waals surface area contributed by atoms with E-state index in [0.29, 0.717) is 63.6 Å². The van der Waals surface area contributed by atoms with Crippen molar-refractivity contribution in [3.63, 3.8) is 0 Å². The molecule has 0 heterocycles. The van der Waals surface area contributed by atoms with Gasteiger partial charge in [-0.25, -0.2) is 0 Å². The summed E-state index contributed by atoms with van der Waals surface area (Å²) in [5.74, 6) is 0.158. The van der Waals surface area contributed by atoms with Crippen molar-refractivity contribution >= 4 is 47.4 Å². The van der Waals surface area contributed by atoms with Gasteiger partial charge in [-0.1, -0.05) is 140 Å². The first-order valence-electron chi connectivity index (χ1n) is 27.4. The summed E-state index contributed by atoms with van der Waals surface area (Å²) in [6.45, 7) is 7.47. The smallest absolute Gasteiger partial charge is 0.315 e. The van der Waals surface area contributed by atoms with E-state index >= 15 is 0 Å². The Labute approximate surface area is 431 Å². The molecule has 0 aliphatic rings. The second-order valence-corrected chi connectivity index (χ2v) is 20.4. The van der Waals surface area contributed by atoms with Crippen LogP contribution in [0.1, 0.15) is 206 Å². The molecule has 400 valence electrons. The van der Waals surface area contributed by atoms with E-state index in [4.69, 9.17) is 23.7 Å². The third kappa shape index (κ3) is 54.6. The lowest BCUT2D eigenvalue weighted by atomic mass is 10.1. The third-order valence-corrected chi connectivity index (χ3v) is 13.1. The molecule has 0 amide bonds. The molecule has 0 fully saturated rings. The van der Waals surface area contributed by atoms with E-state index in [1.807, 2.05) is 19.0 Å². The number of ether oxygens (including phenoxy) is 5. The van der Waals surface area contributed by atoms with Crippen LogP contribution in [-0.2, 0) is 42.9 Å². The van der Waals surface area contributed by atoms with Crippen molar-refractivity contribution in [1.82, 2.24) is 4.90 Å². The van der Waals surface area contributed by atoms with Crippen molar-refractivity contribution in [3.05, 3.63) is 48.6 Å². The molecule has 0 N–H and O–H groups in total. The first-order chi connectivity index (χ1) is 33.8. The van der Waals surface area contributed by atoms with Gasteiger partial charge < -0.3 is 28.6 Å². The SMILES string of the molecule is CCCCC/C=C\C/C=C\CCCCCCCCOC(=O)CSCCOCCCC(CCCOC(=O)CSCC(=O)OCCCCCCCC/C=C\C/C=C\CCCCC)OC(=O)CCCN(C)C. The number of thioether (sulfide) groups is 2. The highest BCUT2D eigenvalue weighted by molar-refractivity contribution is 8.00. The number of carbonyl (C=O) groups is 4. The molecule has 0 radical (unpaired) electrons. The summed E-state index contributed by atoms with van der Waals surface area (Å²) in [6.07, 6.45) is 49.8. The van der Waals surface area contributed by atoms with Gasteiger partial charge in [0, 0.05) is 18.8 Å². The van der Waals surface area contributed by atoms with Crippen LogP contribution < -0.4 is 0 Å². The van der Waals surface area contributed by atoms with Gasteiger partial charge in [0.05, 0.1) is 43.7 Å². The molecule has 69 heavy (non-hydrogen) atoms. The summed E-state index contributed by atoms with van der Waals surface area (Å²) >= 11 is 2.72. The Bertz CT molecular complexity index is 1300. The van der Waals surface area contributed by atoms with E-state index in [0.717, 1.165) is 77.2 Å². The average Bonchev–Trinajstić information content (AvgIpc) is 3.32. The van der Waals surface area contributed by atoms with Crippen LogP contribution in [0.5, 0.6) is 0 Å². The number of rotatable bonds is 52. The number of hydrogen-bond donors (Lipinski definition) is 0. The molecule has 10 nitrogen and oxygen atoms in total.